The summed E-state index contributed by atoms with van der Waals surface area (Å²) in [5.74, 6) is 0.167. The maximum atomic E-state index is 13.3. The molecule has 0 aliphatic rings. The molecule has 1 aromatic rings. The van der Waals surface area contributed by atoms with Gasteiger partial charge in [0.25, 0.3) is 0 Å². The van der Waals surface area contributed by atoms with Crippen LogP contribution in [0.3, 0.4) is 0 Å². The Balaban J connectivity index is 2.88. The first-order chi connectivity index (χ1) is 8.10. The van der Waals surface area contributed by atoms with Gasteiger partial charge in [-0.3, -0.25) is 0 Å². The van der Waals surface area contributed by atoms with Crippen molar-refractivity contribution in [2.75, 3.05) is 20.8 Å². The number of rotatable bonds is 6. The number of benzene rings is 1. The Kier molecular flexibility index (Phi) is 6.09. The fourth-order valence-electron chi connectivity index (χ4n) is 1.97. The first-order valence-corrected chi connectivity index (χ1v) is 6.50. The molecule has 2 atom stereocenters. The van der Waals surface area contributed by atoms with Crippen molar-refractivity contribution < 1.29 is 9.13 Å². The second-order valence-electron chi connectivity index (χ2n) is 4.19. The van der Waals surface area contributed by atoms with E-state index < -0.39 is 0 Å². The van der Waals surface area contributed by atoms with Crippen LogP contribution in [0.1, 0.15) is 24.9 Å². The van der Waals surface area contributed by atoms with E-state index in [2.05, 4.69) is 28.2 Å². The van der Waals surface area contributed by atoms with Crippen LogP contribution in [-0.4, -0.2) is 20.8 Å². The SMILES string of the molecule is CNC(c1cc(F)ccc1Br)C(C)CCOC. The molecule has 0 radical (unpaired) electrons. The van der Waals surface area contributed by atoms with Crippen molar-refractivity contribution in [2.45, 2.75) is 19.4 Å². The lowest BCUT2D eigenvalue weighted by molar-refractivity contribution is 0.171. The summed E-state index contributed by atoms with van der Waals surface area (Å²) < 4.78 is 19.3. The van der Waals surface area contributed by atoms with Crippen molar-refractivity contribution in [1.82, 2.24) is 5.32 Å². The standard InChI is InChI=1S/C13H19BrFNO/c1-9(6-7-17-3)13(16-2)11-8-10(15)4-5-12(11)14/h4-5,8-9,13,16H,6-7H2,1-3H3. The van der Waals surface area contributed by atoms with Crippen LogP contribution in [0.4, 0.5) is 4.39 Å². The highest BCUT2D eigenvalue weighted by Gasteiger charge is 2.20. The first-order valence-electron chi connectivity index (χ1n) is 5.71. The fraction of sp³-hybridized carbons (Fsp3) is 0.538. The van der Waals surface area contributed by atoms with E-state index in [-0.39, 0.29) is 11.9 Å². The molecule has 0 aliphatic carbocycles. The summed E-state index contributed by atoms with van der Waals surface area (Å²) in [5.41, 5.74) is 0.955. The lowest BCUT2D eigenvalue weighted by atomic mass is 9.92. The second-order valence-corrected chi connectivity index (χ2v) is 5.05. The van der Waals surface area contributed by atoms with E-state index >= 15 is 0 Å². The van der Waals surface area contributed by atoms with Crippen molar-refractivity contribution in [1.29, 1.82) is 0 Å². The van der Waals surface area contributed by atoms with Crippen LogP contribution in [0.25, 0.3) is 0 Å². The lowest BCUT2D eigenvalue weighted by Gasteiger charge is -2.25. The Morgan fingerprint density at radius 3 is 2.76 bits per heavy atom. The van der Waals surface area contributed by atoms with Crippen LogP contribution < -0.4 is 5.32 Å². The third-order valence-corrected chi connectivity index (χ3v) is 3.67. The molecule has 0 saturated carbocycles. The van der Waals surface area contributed by atoms with Crippen LogP contribution in [0.15, 0.2) is 22.7 Å². The van der Waals surface area contributed by atoms with E-state index in [4.69, 9.17) is 4.74 Å². The van der Waals surface area contributed by atoms with Gasteiger partial charge in [0.2, 0.25) is 0 Å². The van der Waals surface area contributed by atoms with Gasteiger partial charge >= 0.3 is 0 Å². The van der Waals surface area contributed by atoms with Gasteiger partial charge in [-0.25, -0.2) is 4.39 Å². The zero-order valence-electron chi connectivity index (χ0n) is 10.5. The Hall–Kier alpha value is -0.450. The number of halogens is 2. The van der Waals surface area contributed by atoms with Crippen molar-refractivity contribution in [3.8, 4) is 0 Å². The molecule has 0 aromatic heterocycles. The zero-order chi connectivity index (χ0) is 12.8. The lowest BCUT2D eigenvalue weighted by Crippen LogP contribution is -2.25. The Morgan fingerprint density at radius 1 is 1.47 bits per heavy atom. The van der Waals surface area contributed by atoms with Crippen molar-refractivity contribution in [3.05, 3.63) is 34.1 Å². The van der Waals surface area contributed by atoms with Gasteiger partial charge < -0.3 is 10.1 Å². The van der Waals surface area contributed by atoms with E-state index in [1.165, 1.54) is 6.07 Å². The molecule has 1 aromatic carbocycles. The quantitative estimate of drug-likeness (QED) is 0.868. The summed E-state index contributed by atoms with van der Waals surface area (Å²) in [6.07, 6.45) is 0.935. The number of ether oxygens (including phenoxy) is 1. The second kappa shape index (κ2) is 7.09. The summed E-state index contributed by atoms with van der Waals surface area (Å²) in [5, 5.41) is 3.24. The summed E-state index contributed by atoms with van der Waals surface area (Å²) in [4.78, 5) is 0. The van der Waals surface area contributed by atoms with Crippen molar-refractivity contribution >= 4 is 15.9 Å². The molecule has 0 bridgehead atoms. The third-order valence-electron chi connectivity index (χ3n) is 2.95. The van der Waals surface area contributed by atoms with Gasteiger partial charge in [0, 0.05) is 24.2 Å². The minimum atomic E-state index is -0.206. The zero-order valence-corrected chi connectivity index (χ0v) is 12.1. The molecule has 1 N–H and O–H groups in total. The molecule has 0 heterocycles. The van der Waals surface area contributed by atoms with E-state index in [1.54, 1.807) is 19.2 Å². The van der Waals surface area contributed by atoms with Gasteiger partial charge in [-0.1, -0.05) is 22.9 Å². The highest BCUT2D eigenvalue weighted by molar-refractivity contribution is 9.10. The van der Waals surface area contributed by atoms with E-state index in [0.717, 1.165) is 16.5 Å². The molecule has 0 aliphatic heterocycles. The minimum Gasteiger partial charge on any atom is -0.385 e. The molecule has 1 rings (SSSR count). The highest BCUT2D eigenvalue weighted by Crippen LogP contribution is 2.30. The molecule has 0 saturated heterocycles. The molecule has 96 valence electrons. The summed E-state index contributed by atoms with van der Waals surface area (Å²) in [6.45, 7) is 2.85. The molecule has 2 nitrogen and oxygen atoms in total. The Labute approximate surface area is 111 Å². The van der Waals surface area contributed by atoms with Crippen LogP contribution >= 0.6 is 15.9 Å². The minimum absolute atomic E-state index is 0.121. The largest absolute Gasteiger partial charge is 0.385 e. The maximum Gasteiger partial charge on any atom is 0.123 e. The number of hydrogen-bond acceptors (Lipinski definition) is 2. The van der Waals surface area contributed by atoms with Gasteiger partial charge in [0.05, 0.1) is 0 Å². The van der Waals surface area contributed by atoms with Crippen molar-refractivity contribution in [2.24, 2.45) is 5.92 Å². The number of methoxy groups -OCH3 is 1. The van der Waals surface area contributed by atoms with Gasteiger partial charge in [0.1, 0.15) is 5.82 Å². The van der Waals surface area contributed by atoms with Crippen LogP contribution in [0, 0.1) is 11.7 Å². The van der Waals surface area contributed by atoms with Gasteiger partial charge in [-0.2, -0.15) is 0 Å². The van der Waals surface area contributed by atoms with E-state index in [9.17, 15) is 4.39 Å². The van der Waals surface area contributed by atoms with Gasteiger partial charge in [-0.05, 0) is 43.1 Å². The smallest absolute Gasteiger partial charge is 0.123 e. The normalized spacial score (nSPS) is 14.6. The van der Waals surface area contributed by atoms with E-state index in [1.807, 2.05) is 7.05 Å². The molecule has 0 fully saturated rings. The van der Waals surface area contributed by atoms with Crippen molar-refractivity contribution in [3.63, 3.8) is 0 Å². The average Bonchev–Trinajstić information content (AvgIpc) is 2.32. The predicted molar refractivity (Wildman–Crippen MR) is 71.6 cm³/mol. The Bertz CT molecular complexity index is 359. The third kappa shape index (κ3) is 4.05. The van der Waals surface area contributed by atoms with E-state index in [0.29, 0.717) is 12.5 Å². The molecule has 2 unspecified atom stereocenters. The average molecular weight is 304 g/mol. The molecule has 4 heteroatoms. The molecule has 0 spiro atoms. The Morgan fingerprint density at radius 2 is 2.18 bits per heavy atom. The van der Waals surface area contributed by atoms with Gasteiger partial charge in [-0.15, -0.1) is 0 Å². The number of nitrogens with one attached hydrogen (secondary N) is 1. The highest BCUT2D eigenvalue weighted by atomic mass is 79.9. The predicted octanol–water partition coefficient (Wildman–Crippen LogP) is 3.52. The maximum absolute atomic E-state index is 13.3. The monoisotopic (exact) mass is 303 g/mol. The summed E-state index contributed by atoms with van der Waals surface area (Å²) in [6, 6.07) is 4.91. The summed E-state index contributed by atoms with van der Waals surface area (Å²) in [7, 11) is 3.59. The number of hydrogen-bond donors (Lipinski definition) is 1. The van der Waals surface area contributed by atoms with Crippen LogP contribution in [0.2, 0.25) is 0 Å². The molecular formula is C13H19BrFNO. The fourth-order valence-corrected chi connectivity index (χ4v) is 2.46. The van der Waals surface area contributed by atoms with Gasteiger partial charge in [0.15, 0.2) is 0 Å². The molecular weight excluding hydrogens is 285 g/mol. The summed E-state index contributed by atoms with van der Waals surface area (Å²) >= 11 is 3.47. The van der Waals surface area contributed by atoms with Crippen LogP contribution in [0.5, 0.6) is 0 Å². The molecule has 17 heavy (non-hydrogen) atoms. The molecule has 0 amide bonds. The van der Waals surface area contributed by atoms with Crippen LogP contribution in [-0.2, 0) is 4.74 Å². The first kappa shape index (κ1) is 14.6. The topological polar surface area (TPSA) is 21.3 Å².